The average Bonchev–Trinajstić information content (AvgIpc) is 3.16. The minimum atomic E-state index is -0.392. The summed E-state index contributed by atoms with van der Waals surface area (Å²) in [5.74, 6) is 1.42. The molecule has 0 aliphatic heterocycles. The van der Waals surface area contributed by atoms with Gasteiger partial charge in [0.15, 0.2) is 22.5 Å². The summed E-state index contributed by atoms with van der Waals surface area (Å²) in [4.78, 5) is 10.4. The van der Waals surface area contributed by atoms with Gasteiger partial charge < -0.3 is 9.47 Å². The Kier molecular flexibility index (Phi) is 6.17. The van der Waals surface area contributed by atoms with E-state index in [4.69, 9.17) is 9.47 Å². The number of hydrogen-bond donors (Lipinski definition) is 0. The highest BCUT2D eigenvalue weighted by atomic mass is 16.6. The zero-order chi connectivity index (χ0) is 22.5. The first kappa shape index (κ1) is 21.1. The van der Waals surface area contributed by atoms with Crippen LogP contribution < -0.4 is 14.0 Å². The zero-order valence-electron chi connectivity index (χ0n) is 18.0. The van der Waals surface area contributed by atoms with Crippen molar-refractivity contribution < 1.29 is 19.0 Å². The second-order valence-electron chi connectivity index (χ2n) is 7.32. The number of imidazole rings is 1. The van der Waals surface area contributed by atoms with Crippen LogP contribution in [0, 0.1) is 10.1 Å². The minimum Gasteiger partial charge on any atom is -0.493 e. The molecule has 0 atom stereocenters. The van der Waals surface area contributed by atoms with E-state index >= 15 is 0 Å². The number of rotatable bonds is 8. The number of methoxy groups -OCH3 is 2. The van der Waals surface area contributed by atoms with Crippen LogP contribution in [-0.4, -0.2) is 23.7 Å². The second kappa shape index (κ2) is 9.34. The van der Waals surface area contributed by atoms with Gasteiger partial charge in [-0.05, 0) is 53.6 Å². The Balaban J connectivity index is 1.57. The van der Waals surface area contributed by atoms with Crippen molar-refractivity contribution in [1.82, 2.24) is 4.57 Å². The van der Waals surface area contributed by atoms with Crippen LogP contribution in [0.25, 0.3) is 17.1 Å². The molecule has 4 rings (SSSR count). The van der Waals surface area contributed by atoms with Gasteiger partial charge in [0.1, 0.15) is 13.1 Å². The number of fused-ring (bicyclic) bond motifs is 1. The highest BCUT2D eigenvalue weighted by molar-refractivity contribution is 5.71. The van der Waals surface area contributed by atoms with Crippen molar-refractivity contribution in [3.8, 4) is 11.5 Å². The van der Waals surface area contributed by atoms with Crippen molar-refractivity contribution in [1.29, 1.82) is 0 Å². The lowest BCUT2D eigenvalue weighted by molar-refractivity contribution is -0.663. The molecule has 0 saturated carbocycles. The Labute approximate surface area is 185 Å². The van der Waals surface area contributed by atoms with E-state index in [-0.39, 0.29) is 5.69 Å². The average molecular weight is 430 g/mol. The zero-order valence-corrected chi connectivity index (χ0v) is 18.0. The van der Waals surface area contributed by atoms with Crippen LogP contribution in [0.1, 0.15) is 11.1 Å². The first-order valence-electron chi connectivity index (χ1n) is 10.2. The maximum atomic E-state index is 10.8. The molecule has 0 aliphatic carbocycles. The van der Waals surface area contributed by atoms with Crippen LogP contribution >= 0.6 is 0 Å². The van der Waals surface area contributed by atoms with Gasteiger partial charge in [0.25, 0.3) is 5.69 Å². The highest BCUT2D eigenvalue weighted by Crippen LogP contribution is 2.27. The van der Waals surface area contributed by atoms with Gasteiger partial charge in [-0.2, -0.15) is 0 Å². The third-order valence-electron chi connectivity index (χ3n) is 5.30. The highest BCUT2D eigenvalue weighted by Gasteiger charge is 2.15. The molecular formula is C25H24N3O4+. The fourth-order valence-corrected chi connectivity index (χ4v) is 3.70. The monoisotopic (exact) mass is 430 g/mol. The van der Waals surface area contributed by atoms with Gasteiger partial charge in [-0.3, -0.25) is 10.1 Å². The van der Waals surface area contributed by atoms with Crippen molar-refractivity contribution >= 4 is 22.8 Å². The number of benzene rings is 3. The number of hydrogen-bond acceptors (Lipinski definition) is 4. The Hall–Kier alpha value is -4.13. The van der Waals surface area contributed by atoms with Gasteiger partial charge in [0.2, 0.25) is 6.33 Å². The number of ether oxygens (including phenoxy) is 2. The van der Waals surface area contributed by atoms with Gasteiger partial charge >= 0.3 is 0 Å². The van der Waals surface area contributed by atoms with E-state index < -0.39 is 4.92 Å². The molecule has 7 nitrogen and oxygen atoms in total. The van der Waals surface area contributed by atoms with E-state index in [0.29, 0.717) is 24.6 Å². The third-order valence-corrected chi connectivity index (χ3v) is 5.30. The van der Waals surface area contributed by atoms with E-state index in [2.05, 4.69) is 27.6 Å². The number of nitrogens with zero attached hydrogens (tertiary/aromatic N) is 3. The summed E-state index contributed by atoms with van der Waals surface area (Å²) < 4.78 is 15.2. The lowest BCUT2D eigenvalue weighted by Crippen LogP contribution is -2.32. The molecule has 32 heavy (non-hydrogen) atoms. The molecular weight excluding hydrogens is 406 g/mol. The summed E-state index contributed by atoms with van der Waals surface area (Å²) in [7, 11) is 3.27. The molecule has 7 heteroatoms. The number of non-ortho nitro benzene ring substituents is 1. The van der Waals surface area contributed by atoms with E-state index in [1.165, 1.54) is 12.1 Å². The van der Waals surface area contributed by atoms with Crippen LogP contribution in [0.3, 0.4) is 0 Å². The van der Waals surface area contributed by atoms with E-state index in [1.54, 1.807) is 26.4 Å². The van der Waals surface area contributed by atoms with Crippen molar-refractivity contribution in [3.05, 3.63) is 100 Å². The Morgan fingerprint density at radius 2 is 1.75 bits per heavy atom. The topological polar surface area (TPSA) is 70.4 Å². The molecule has 1 heterocycles. The SMILES string of the molecule is COc1ccc(C[n+]2cn(C/C=C/c3ccc([N+](=O)[O-])cc3)c3ccccc32)cc1OC. The van der Waals surface area contributed by atoms with Crippen molar-refractivity contribution in [2.75, 3.05) is 14.2 Å². The molecule has 0 bridgehead atoms. The maximum absolute atomic E-state index is 10.8. The first-order chi connectivity index (χ1) is 15.6. The Morgan fingerprint density at radius 3 is 2.47 bits per heavy atom. The quantitative estimate of drug-likeness (QED) is 0.232. The number of nitro benzene ring substituents is 1. The predicted octanol–water partition coefficient (Wildman–Crippen LogP) is 4.62. The summed E-state index contributed by atoms with van der Waals surface area (Å²) in [5.41, 5.74) is 4.38. The Bertz CT molecular complexity index is 1280. The molecule has 3 aromatic carbocycles. The van der Waals surface area contributed by atoms with Crippen molar-refractivity contribution in [3.63, 3.8) is 0 Å². The fourth-order valence-electron chi connectivity index (χ4n) is 3.70. The molecule has 1 aromatic heterocycles. The molecule has 0 N–H and O–H groups in total. The van der Waals surface area contributed by atoms with Crippen LogP contribution in [-0.2, 0) is 13.1 Å². The molecule has 4 aromatic rings. The summed E-state index contributed by atoms with van der Waals surface area (Å²) in [6.45, 7) is 1.37. The molecule has 0 spiro atoms. The van der Waals surface area contributed by atoms with Crippen LogP contribution in [0.5, 0.6) is 11.5 Å². The summed E-state index contributed by atoms with van der Waals surface area (Å²) >= 11 is 0. The van der Waals surface area contributed by atoms with Gasteiger partial charge in [-0.1, -0.05) is 24.3 Å². The van der Waals surface area contributed by atoms with E-state index in [9.17, 15) is 10.1 Å². The normalized spacial score (nSPS) is 11.2. The van der Waals surface area contributed by atoms with Gasteiger partial charge in [0.05, 0.1) is 19.1 Å². The molecule has 0 fully saturated rings. The maximum Gasteiger partial charge on any atom is 0.269 e. The fraction of sp³-hybridized carbons (Fsp3) is 0.160. The van der Waals surface area contributed by atoms with Gasteiger partial charge in [-0.15, -0.1) is 0 Å². The van der Waals surface area contributed by atoms with Crippen molar-refractivity contribution in [2.24, 2.45) is 0 Å². The first-order valence-corrected chi connectivity index (χ1v) is 10.2. The lowest BCUT2D eigenvalue weighted by atomic mass is 10.2. The number of nitro groups is 1. The van der Waals surface area contributed by atoms with Crippen molar-refractivity contribution in [2.45, 2.75) is 13.1 Å². The minimum absolute atomic E-state index is 0.0924. The smallest absolute Gasteiger partial charge is 0.269 e. The van der Waals surface area contributed by atoms with Crippen LogP contribution in [0.15, 0.2) is 79.1 Å². The standard InChI is InChI=1S/C25H24N3O4/c1-31-24-14-11-20(16-25(24)32-2)17-27-18-26(22-7-3-4-8-23(22)27)15-5-6-19-9-12-21(13-10-19)28(29)30/h3-14,16,18H,15,17H2,1-2H3/q+1/b6-5+. The predicted molar refractivity (Wildman–Crippen MR) is 123 cm³/mol. The lowest BCUT2D eigenvalue weighted by Gasteiger charge is -2.08. The second-order valence-corrected chi connectivity index (χ2v) is 7.32. The third kappa shape index (κ3) is 4.46. The summed E-state index contributed by atoms with van der Waals surface area (Å²) in [5, 5.41) is 10.8. The molecule has 162 valence electrons. The number of aromatic nitrogens is 2. The largest absolute Gasteiger partial charge is 0.493 e. The van der Waals surface area contributed by atoms with Gasteiger partial charge in [-0.25, -0.2) is 9.13 Å². The number of allylic oxidation sites excluding steroid dienone is 1. The molecule has 0 unspecified atom stereocenters. The van der Waals surface area contributed by atoms with E-state index in [1.807, 2.05) is 42.5 Å². The molecule has 0 aliphatic rings. The van der Waals surface area contributed by atoms with Gasteiger partial charge in [0, 0.05) is 12.1 Å². The number of para-hydroxylation sites is 2. The summed E-state index contributed by atoms with van der Waals surface area (Å²) in [6, 6.07) is 20.7. The van der Waals surface area contributed by atoms with E-state index in [0.717, 1.165) is 22.2 Å². The molecule has 0 amide bonds. The molecule has 0 radical (unpaired) electrons. The Morgan fingerprint density at radius 1 is 1.00 bits per heavy atom. The molecule has 0 saturated heterocycles. The van der Waals surface area contributed by atoms with Crippen LogP contribution in [0.2, 0.25) is 0 Å². The van der Waals surface area contributed by atoms with Crippen LogP contribution in [0.4, 0.5) is 5.69 Å². The summed E-state index contributed by atoms with van der Waals surface area (Å²) in [6.07, 6.45) is 6.12.